The van der Waals surface area contributed by atoms with Crippen molar-refractivity contribution in [1.82, 2.24) is 0 Å². The zero-order valence-electron chi connectivity index (χ0n) is 15.4. The molecule has 2 rings (SSSR count). The Kier molecular flexibility index (Phi) is 5.65. The lowest BCUT2D eigenvalue weighted by Gasteiger charge is -2.60. The van der Waals surface area contributed by atoms with Crippen LogP contribution in [-0.2, 0) is 0 Å². The third-order valence-electron chi connectivity index (χ3n) is 7.21. The smallest absolute Gasteiger partial charge is 0.0753 e. The van der Waals surface area contributed by atoms with Gasteiger partial charge in [-0.15, -0.1) is 0 Å². The molecule has 134 valence electrons. The van der Waals surface area contributed by atoms with Crippen LogP contribution >= 0.6 is 0 Å². The SMILES string of the molecule is C=C1[C@H](O)C[C@@H]2C(C)(C)[C@@H](O)CC[C@]2(C)[C@H]1CC[C@H](C)CCO. The molecule has 0 spiro atoms. The lowest BCUT2D eigenvalue weighted by molar-refractivity contribution is -0.141. The fourth-order valence-electron chi connectivity index (χ4n) is 5.43. The van der Waals surface area contributed by atoms with E-state index in [9.17, 15) is 10.2 Å². The van der Waals surface area contributed by atoms with Gasteiger partial charge < -0.3 is 15.3 Å². The highest BCUT2D eigenvalue weighted by molar-refractivity contribution is 5.20. The van der Waals surface area contributed by atoms with Gasteiger partial charge in [0.15, 0.2) is 0 Å². The molecule has 2 fully saturated rings. The first-order chi connectivity index (χ1) is 10.6. The zero-order chi connectivity index (χ0) is 17.4. The Morgan fingerprint density at radius 3 is 2.48 bits per heavy atom. The first-order valence-corrected chi connectivity index (χ1v) is 9.30. The van der Waals surface area contributed by atoms with Crippen LogP contribution in [0.2, 0.25) is 0 Å². The highest BCUT2D eigenvalue weighted by Gasteiger charge is 2.57. The third kappa shape index (κ3) is 3.38. The summed E-state index contributed by atoms with van der Waals surface area (Å²) in [7, 11) is 0. The maximum Gasteiger partial charge on any atom is 0.0753 e. The summed E-state index contributed by atoms with van der Waals surface area (Å²) in [6.45, 7) is 13.3. The van der Waals surface area contributed by atoms with Crippen LogP contribution < -0.4 is 0 Å². The molecule has 0 unspecified atom stereocenters. The van der Waals surface area contributed by atoms with Crippen LogP contribution in [0.25, 0.3) is 0 Å². The molecule has 0 radical (unpaired) electrons. The summed E-state index contributed by atoms with van der Waals surface area (Å²) in [6.07, 6.45) is 4.76. The molecule has 0 bridgehead atoms. The summed E-state index contributed by atoms with van der Waals surface area (Å²) < 4.78 is 0. The maximum atomic E-state index is 10.6. The fourth-order valence-corrected chi connectivity index (χ4v) is 5.43. The Morgan fingerprint density at radius 1 is 1.22 bits per heavy atom. The van der Waals surface area contributed by atoms with Crippen LogP contribution in [0.1, 0.15) is 66.2 Å². The molecule has 23 heavy (non-hydrogen) atoms. The highest BCUT2D eigenvalue weighted by Crippen LogP contribution is 2.61. The molecule has 0 saturated heterocycles. The van der Waals surface area contributed by atoms with Crippen molar-refractivity contribution in [2.45, 2.75) is 78.4 Å². The minimum absolute atomic E-state index is 0.109. The van der Waals surface area contributed by atoms with Gasteiger partial charge in [0.05, 0.1) is 12.2 Å². The molecule has 0 aromatic rings. The largest absolute Gasteiger partial charge is 0.396 e. The zero-order valence-corrected chi connectivity index (χ0v) is 15.4. The van der Waals surface area contributed by atoms with E-state index >= 15 is 0 Å². The second-order valence-electron chi connectivity index (χ2n) is 9.01. The van der Waals surface area contributed by atoms with Crippen molar-refractivity contribution >= 4 is 0 Å². The van der Waals surface area contributed by atoms with Gasteiger partial charge in [0.1, 0.15) is 0 Å². The number of hydrogen-bond acceptors (Lipinski definition) is 3. The fraction of sp³-hybridized carbons (Fsp3) is 0.900. The van der Waals surface area contributed by atoms with Crippen molar-refractivity contribution in [1.29, 1.82) is 0 Å². The molecule has 3 heteroatoms. The molecule has 6 atom stereocenters. The summed E-state index contributed by atoms with van der Waals surface area (Å²) >= 11 is 0. The molecule has 2 aliphatic carbocycles. The van der Waals surface area contributed by atoms with Gasteiger partial charge in [0.25, 0.3) is 0 Å². The van der Waals surface area contributed by atoms with Crippen molar-refractivity contribution in [2.75, 3.05) is 6.61 Å². The van der Waals surface area contributed by atoms with Crippen molar-refractivity contribution in [2.24, 2.45) is 28.6 Å². The molecular formula is C20H36O3. The van der Waals surface area contributed by atoms with Gasteiger partial charge in [-0.3, -0.25) is 0 Å². The van der Waals surface area contributed by atoms with Crippen LogP contribution in [0.5, 0.6) is 0 Å². The van der Waals surface area contributed by atoms with Crippen molar-refractivity contribution in [3.8, 4) is 0 Å². The molecule has 2 saturated carbocycles. The van der Waals surface area contributed by atoms with Crippen molar-refractivity contribution < 1.29 is 15.3 Å². The van der Waals surface area contributed by atoms with Gasteiger partial charge in [0, 0.05) is 6.61 Å². The summed E-state index contributed by atoms with van der Waals surface area (Å²) in [6, 6.07) is 0. The van der Waals surface area contributed by atoms with Crippen LogP contribution in [0.4, 0.5) is 0 Å². The van der Waals surface area contributed by atoms with Crippen LogP contribution in [0, 0.1) is 28.6 Å². The summed E-state index contributed by atoms with van der Waals surface area (Å²) in [5, 5.41) is 30.2. The number of hydrogen-bond donors (Lipinski definition) is 3. The number of fused-ring (bicyclic) bond motifs is 1. The summed E-state index contributed by atoms with van der Waals surface area (Å²) in [5.41, 5.74) is 0.939. The topological polar surface area (TPSA) is 60.7 Å². The van der Waals surface area contributed by atoms with Crippen LogP contribution in [0.15, 0.2) is 12.2 Å². The van der Waals surface area contributed by atoms with E-state index in [1.54, 1.807) is 0 Å². The van der Waals surface area contributed by atoms with E-state index in [4.69, 9.17) is 5.11 Å². The van der Waals surface area contributed by atoms with E-state index in [0.717, 1.165) is 44.1 Å². The molecule has 0 aromatic heterocycles. The van der Waals surface area contributed by atoms with E-state index < -0.39 is 6.10 Å². The minimum Gasteiger partial charge on any atom is -0.396 e. The molecule has 3 N–H and O–H groups in total. The van der Waals surface area contributed by atoms with Gasteiger partial charge in [-0.25, -0.2) is 0 Å². The Balaban J connectivity index is 2.23. The molecule has 3 nitrogen and oxygen atoms in total. The molecule has 0 heterocycles. The van der Waals surface area contributed by atoms with Gasteiger partial charge in [-0.1, -0.05) is 40.7 Å². The standard InChI is InChI=1S/C20H36O3/c1-13(9-11-21)6-7-15-14(2)16(22)12-17-19(3,4)18(23)8-10-20(15,17)5/h13,15-18,21-23H,2,6-12H2,1,3-5H3/t13-,15-,16+,17+,18-,20+/m0/s1. The molecule has 0 aromatic carbocycles. The van der Waals surface area contributed by atoms with Crippen molar-refractivity contribution in [3.05, 3.63) is 12.2 Å². The average Bonchev–Trinajstić information content (AvgIpc) is 2.47. The quantitative estimate of drug-likeness (QED) is 0.678. The summed E-state index contributed by atoms with van der Waals surface area (Å²) in [5.74, 6) is 1.12. The van der Waals surface area contributed by atoms with E-state index in [1.807, 2.05) is 0 Å². The monoisotopic (exact) mass is 324 g/mol. The van der Waals surface area contributed by atoms with Crippen molar-refractivity contribution in [3.63, 3.8) is 0 Å². The average molecular weight is 325 g/mol. The predicted octanol–water partition coefficient (Wildman–Crippen LogP) is 3.53. The number of aliphatic hydroxyl groups excluding tert-OH is 3. The van der Waals surface area contributed by atoms with E-state index in [1.165, 1.54) is 0 Å². The second-order valence-corrected chi connectivity index (χ2v) is 9.01. The first kappa shape index (κ1) is 19.0. The Hall–Kier alpha value is -0.380. The van der Waals surface area contributed by atoms with Gasteiger partial charge in [0.2, 0.25) is 0 Å². The molecule has 0 amide bonds. The molecule has 2 aliphatic rings. The lowest BCUT2D eigenvalue weighted by atomic mass is 9.46. The van der Waals surface area contributed by atoms with Crippen LogP contribution in [0.3, 0.4) is 0 Å². The Labute approximate surface area is 141 Å². The Morgan fingerprint density at radius 2 is 1.87 bits per heavy atom. The number of rotatable bonds is 5. The molecular weight excluding hydrogens is 288 g/mol. The van der Waals surface area contributed by atoms with Gasteiger partial charge >= 0.3 is 0 Å². The number of aliphatic hydroxyl groups is 3. The minimum atomic E-state index is -0.448. The third-order valence-corrected chi connectivity index (χ3v) is 7.21. The Bertz CT molecular complexity index is 431. The van der Waals surface area contributed by atoms with Gasteiger partial charge in [-0.2, -0.15) is 0 Å². The lowest BCUT2D eigenvalue weighted by Crippen LogP contribution is -2.57. The normalized spacial score (nSPS) is 41.4. The second kappa shape index (κ2) is 6.85. The molecule has 0 aliphatic heterocycles. The van der Waals surface area contributed by atoms with E-state index in [2.05, 4.69) is 34.3 Å². The van der Waals surface area contributed by atoms with E-state index in [-0.39, 0.29) is 23.5 Å². The first-order valence-electron chi connectivity index (χ1n) is 9.30. The predicted molar refractivity (Wildman–Crippen MR) is 94.0 cm³/mol. The maximum absolute atomic E-state index is 10.6. The van der Waals surface area contributed by atoms with E-state index in [0.29, 0.717) is 17.8 Å². The summed E-state index contributed by atoms with van der Waals surface area (Å²) in [4.78, 5) is 0. The van der Waals surface area contributed by atoms with Crippen LogP contribution in [-0.4, -0.2) is 34.1 Å². The van der Waals surface area contributed by atoms with Gasteiger partial charge in [-0.05, 0) is 66.3 Å². The highest BCUT2D eigenvalue weighted by atomic mass is 16.3.